The average molecular weight is 277 g/mol. The van der Waals surface area contributed by atoms with Crippen molar-refractivity contribution in [3.63, 3.8) is 0 Å². The number of aromatic nitrogens is 3. The summed E-state index contributed by atoms with van der Waals surface area (Å²) in [4.78, 5) is 0. The van der Waals surface area contributed by atoms with Crippen molar-refractivity contribution in [2.45, 2.75) is 24.9 Å². The molecule has 0 fully saturated rings. The Balaban J connectivity index is 2.03. The van der Waals surface area contributed by atoms with Crippen LogP contribution in [0.25, 0.3) is 0 Å². The first kappa shape index (κ1) is 13.9. The summed E-state index contributed by atoms with van der Waals surface area (Å²) < 4.78 is 1.57. The van der Waals surface area contributed by atoms with Gasteiger partial charge in [0.2, 0.25) is 5.16 Å². The van der Waals surface area contributed by atoms with Gasteiger partial charge >= 0.3 is 0 Å². The fraction of sp³-hybridized carbons (Fsp3) is 0.385. The Morgan fingerprint density at radius 2 is 1.95 bits per heavy atom. The third-order valence-electron chi connectivity index (χ3n) is 2.80. The SMILES string of the molecule is Cc1ccc(Cc2nnc(SCCCN)n2N)cc1. The second-order valence-corrected chi connectivity index (χ2v) is 5.48. The molecule has 1 aromatic carbocycles. The molecule has 5 nitrogen and oxygen atoms in total. The summed E-state index contributed by atoms with van der Waals surface area (Å²) in [6, 6.07) is 8.35. The molecule has 1 heterocycles. The minimum absolute atomic E-state index is 0.682. The first-order chi connectivity index (χ1) is 9.20. The van der Waals surface area contributed by atoms with Crippen LogP contribution >= 0.6 is 11.8 Å². The van der Waals surface area contributed by atoms with Gasteiger partial charge in [0, 0.05) is 12.2 Å². The molecule has 2 rings (SSSR count). The van der Waals surface area contributed by atoms with Crippen molar-refractivity contribution >= 4 is 11.8 Å². The third kappa shape index (κ3) is 3.71. The Morgan fingerprint density at radius 1 is 1.21 bits per heavy atom. The summed E-state index contributed by atoms with van der Waals surface area (Å²) in [6.07, 6.45) is 1.64. The average Bonchev–Trinajstić information content (AvgIpc) is 2.75. The van der Waals surface area contributed by atoms with Crippen LogP contribution in [0.15, 0.2) is 29.4 Å². The Kier molecular flexibility index (Phi) is 4.81. The molecule has 0 spiro atoms. The van der Waals surface area contributed by atoms with Gasteiger partial charge in [-0.15, -0.1) is 10.2 Å². The van der Waals surface area contributed by atoms with Crippen LogP contribution in [0, 0.1) is 6.92 Å². The minimum Gasteiger partial charge on any atom is -0.336 e. The fourth-order valence-electron chi connectivity index (χ4n) is 1.66. The predicted molar refractivity (Wildman–Crippen MR) is 78.6 cm³/mol. The smallest absolute Gasteiger partial charge is 0.209 e. The number of benzene rings is 1. The van der Waals surface area contributed by atoms with E-state index in [0.717, 1.165) is 23.2 Å². The molecule has 1 aromatic heterocycles. The molecule has 4 N–H and O–H groups in total. The topological polar surface area (TPSA) is 82.8 Å². The zero-order valence-electron chi connectivity index (χ0n) is 11.0. The molecule has 0 amide bonds. The van der Waals surface area contributed by atoms with Crippen LogP contribution in [-0.4, -0.2) is 27.2 Å². The minimum atomic E-state index is 0.682. The molecule has 0 aliphatic carbocycles. The van der Waals surface area contributed by atoms with E-state index in [-0.39, 0.29) is 0 Å². The van der Waals surface area contributed by atoms with Gasteiger partial charge in [-0.25, -0.2) is 4.68 Å². The summed E-state index contributed by atoms with van der Waals surface area (Å²) in [5.74, 6) is 7.69. The maximum atomic E-state index is 6.00. The van der Waals surface area contributed by atoms with Gasteiger partial charge in [0.05, 0.1) is 0 Å². The molecule has 2 aromatic rings. The highest BCUT2D eigenvalue weighted by Crippen LogP contribution is 2.16. The van der Waals surface area contributed by atoms with E-state index >= 15 is 0 Å². The molecule has 0 unspecified atom stereocenters. The number of rotatable bonds is 6. The molecule has 6 heteroatoms. The first-order valence-electron chi connectivity index (χ1n) is 6.28. The molecule has 0 aliphatic heterocycles. The predicted octanol–water partition coefficient (Wildman–Crippen LogP) is 1.33. The second kappa shape index (κ2) is 6.58. The van der Waals surface area contributed by atoms with Gasteiger partial charge in [0.15, 0.2) is 5.82 Å². The molecular formula is C13H19N5S. The van der Waals surface area contributed by atoms with Crippen molar-refractivity contribution in [3.8, 4) is 0 Å². The molecule has 0 bridgehead atoms. The van der Waals surface area contributed by atoms with Crippen LogP contribution in [0.1, 0.15) is 23.4 Å². The zero-order chi connectivity index (χ0) is 13.7. The number of nitrogens with two attached hydrogens (primary N) is 2. The van der Waals surface area contributed by atoms with Gasteiger partial charge in [-0.2, -0.15) is 0 Å². The third-order valence-corrected chi connectivity index (χ3v) is 3.83. The number of thioether (sulfide) groups is 1. The highest BCUT2D eigenvalue weighted by atomic mass is 32.2. The Hall–Kier alpha value is -1.53. The van der Waals surface area contributed by atoms with Crippen molar-refractivity contribution < 1.29 is 0 Å². The highest BCUT2D eigenvalue weighted by Gasteiger charge is 2.10. The molecule has 0 aliphatic rings. The van der Waals surface area contributed by atoms with Crippen molar-refractivity contribution in [3.05, 3.63) is 41.2 Å². The van der Waals surface area contributed by atoms with Crippen molar-refractivity contribution in [2.24, 2.45) is 5.73 Å². The summed E-state index contributed by atoms with van der Waals surface area (Å²) in [6.45, 7) is 2.75. The van der Waals surface area contributed by atoms with E-state index in [0.29, 0.717) is 13.0 Å². The van der Waals surface area contributed by atoms with Crippen LogP contribution in [0.4, 0.5) is 0 Å². The van der Waals surface area contributed by atoms with E-state index in [2.05, 4.69) is 41.4 Å². The molecule has 0 radical (unpaired) electrons. The molecule has 102 valence electrons. The van der Waals surface area contributed by atoms with Crippen LogP contribution in [-0.2, 0) is 6.42 Å². The number of nitrogens with zero attached hydrogens (tertiary/aromatic N) is 3. The van der Waals surface area contributed by atoms with E-state index in [1.165, 1.54) is 11.1 Å². The van der Waals surface area contributed by atoms with E-state index in [4.69, 9.17) is 11.6 Å². The zero-order valence-corrected chi connectivity index (χ0v) is 11.9. The Bertz CT molecular complexity index is 520. The standard InChI is InChI=1S/C13H19N5S/c1-10-3-5-11(6-4-10)9-12-16-17-13(18(12)15)19-8-2-7-14/h3-6H,2,7-9,14-15H2,1H3. The van der Waals surface area contributed by atoms with E-state index in [9.17, 15) is 0 Å². The summed E-state index contributed by atoms with van der Waals surface area (Å²) in [5.41, 5.74) is 7.89. The van der Waals surface area contributed by atoms with E-state index in [1.807, 2.05) is 0 Å². The summed E-state index contributed by atoms with van der Waals surface area (Å²) >= 11 is 1.59. The van der Waals surface area contributed by atoms with Gasteiger partial charge in [-0.3, -0.25) is 0 Å². The number of hydrogen-bond donors (Lipinski definition) is 2. The van der Waals surface area contributed by atoms with Crippen LogP contribution in [0.3, 0.4) is 0 Å². The van der Waals surface area contributed by atoms with Gasteiger partial charge in [-0.05, 0) is 25.5 Å². The van der Waals surface area contributed by atoms with Gasteiger partial charge in [0.1, 0.15) is 0 Å². The lowest BCUT2D eigenvalue weighted by molar-refractivity contribution is 0.803. The lowest BCUT2D eigenvalue weighted by Crippen LogP contribution is -2.14. The lowest BCUT2D eigenvalue weighted by Gasteiger charge is -2.04. The largest absolute Gasteiger partial charge is 0.336 e. The van der Waals surface area contributed by atoms with Gasteiger partial charge in [-0.1, -0.05) is 41.6 Å². The lowest BCUT2D eigenvalue weighted by atomic mass is 10.1. The van der Waals surface area contributed by atoms with Crippen LogP contribution in [0.2, 0.25) is 0 Å². The Morgan fingerprint density at radius 3 is 2.63 bits per heavy atom. The van der Waals surface area contributed by atoms with E-state index < -0.39 is 0 Å². The summed E-state index contributed by atoms with van der Waals surface area (Å²) in [5, 5.41) is 9.01. The fourth-order valence-corrected chi connectivity index (χ4v) is 2.50. The van der Waals surface area contributed by atoms with Crippen LogP contribution in [0.5, 0.6) is 0 Å². The van der Waals surface area contributed by atoms with Gasteiger partial charge < -0.3 is 11.6 Å². The van der Waals surface area contributed by atoms with Crippen LogP contribution < -0.4 is 11.6 Å². The molecule has 19 heavy (non-hydrogen) atoms. The molecule has 0 saturated carbocycles. The number of hydrogen-bond acceptors (Lipinski definition) is 5. The quantitative estimate of drug-likeness (QED) is 0.473. The number of nitrogen functional groups attached to an aromatic ring is 1. The molecule has 0 saturated heterocycles. The summed E-state index contributed by atoms with van der Waals surface area (Å²) in [7, 11) is 0. The van der Waals surface area contributed by atoms with Crippen molar-refractivity contribution in [1.29, 1.82) is 0 Å². The number of aryl methyl sites for hydroxylation is 1. The van der Waals surface area contributed by atoms with Gasteiger partial charge in [0.25, 0.3) is 0 Å². The van der Waals surface area contributed by atoms with Crippen molar-refractivity contribution in [2.75, 3.05) is 18.1 Å². The Labute approximate surface area is 117 Å². The second-order valence-electron chi connectivity index (χ2n) is 4.42. The molecule has 0 atom stereocenters. The first-order valence-corrected chi connectivity index (χ1v) is 7.27. The van der Waals surface area contributed by atoms with E-state index in [1.54, 1.807) is 16.4 Å². The molecular weight excluding hydrogens is 258 g/mol. The monoisotopic (exact) mass is 277 g/mol. The normalized spacial score (nSPS) is 10.8. The highest BCUT2D eigenvalue weighted by molar-refractivity contribution is 7.99. The maximum Gasteiger partial charge on any atom is 0.209 e. The van der Waals surface area contributed by atoms with Crippen molar-refractivity contribution in [1.82, 2.24) is 14.9 Å². The maximum absolute atomic E-state index is 6.00.